The zero-order valence-electron chi connectivity index (χ0n) is 14.7. The fourth-order valence-electron chi connectivity index (χ4n) is 2.33. The van der Waals surface area contributed by atoms with Gasteiger partial charge in [-0.2, -0.15) is 4.31 Å². The number of likely N-dealkylation sites (N-methyl/N-ethyl adjacent to an activating group) is 1. The number of fused-ring (bicyclic) bond motifs is 1. The van der Waals surface area contributed by atoms with E-state index in [9.17, 15) is 13.2 Å². The molecule has 1 aromatic carbocycles. The zero-order chi connectivity index (χ0) is 19.6. The number of benzene rings is 1. The Kier molecular flexibility index (Phi) is 5.89. The molecule has 0 saturated carbocycles. The predicted molar refractivity (Wildman–Crippen MR) is 110 cm³/mol. The van der Waals surface area contributed by atoms with Gasteiger partial charge in [-0.1, -0.05) is 33.3 Å². The quantitative estimate of drug-likeness (QED) is 0.555. The number of amides is 1. The number of pyridine rings is 1. The minimum Gasteiger partial charge on any atom is -0.282 e. The molecule has 0 aliphatic rings. The first kappa shape index (κ1) is 19.9. The Morgan fingerprint density at radius 3 is 2.74 bits per heavy atom. The van der Waals surface area contributed by atoms with Gasteiger partial charge in [-0.15, -0.1) is 0 Å². The van der Waals surface area contributed by atoms with Crippen LogP contribution in [0.4, 0.5) is 5.13 Å². The van der Waals surface area contributed by atoms with Crippen LogP contribution in [-0.2, 0) is 21.4 Å². The van der Waals surface area contributed by atoms with E-state index in [4.69, 9.17) is 0 Å². The summed E-state index contributed by atoms with van der Waals surface area (Å²) in [6, 6.07) is 9.34. The third-order valence-electron chi connectivity index (χ3n) is 3.86. The second kappa shape index (κ2) is 8.01. The van der Waals surface area contributed by atoms with Crippen LogP contribution >= 0.6 is 27.3 Å². The Balaban J connectivity index is 1.96. The molecular weight excluding hydrogens is 452 g/mol. The molecule has 10 heteroatoms. The Morgan fingerprint density at radius 1 is 1.30 bits per heavy atom. The maximum Gasteiger partial charge on any atom is 0.244 e. The number of anilines is 1. The Hall–Kier alpha value is -1.88. The molecule has 0 N–H and O–H groups in total. The molecule has 0 spiro atoms. The van der Waals surface area contributed by atoms with Gasteiger partial charge >= 0.3 is 0 Å². The van der Waals surface area contributed by atoms with Crippen LogP contribution in [0, 0.1) is 0 Å². The van der Waals surface area contributed by atoms with E-state index >= 15 is 0 Å². The summed E-state index contributed by atoms with van der Waals surface area (Å²) in [5.74, 6) is -0.357. The highest BCUT2D eigenvalue weighted by atomic mass is 79.9. The van der Waals surface area contributed by atoms with Gasteiger partial charge in [0.1, 0.15) is 0 Å². The van der Waals surface area contributed by atoms with Crippen molar-refractivity contribution in [3.63, 3.8) is 0 Å². The van der Waals surface area contributed by atoms with Gasteiger partial charge < -0.3 is 0 Å². The molecule has 3 aromatic rings. The summed E-state index contributed by atoms with van der Waals surface area (Å²) in [6.07, 6.45) is 4.40. The fourth-order valence-corrected chi connectivity index (χ4v) is 4.21. The highest BCUT2D eigenvalue weighted by Crippen LogP contribution is 2.31. The molecule has 2 heterocycles. The number of aromatic nitrogens is 2. The second-order valence-corrected chi connectivity index (χ2v) is 9.98. The van der Waals surface area contributed by atoms with Crippen LogP contribution in [-0.4, -0.2) is 48.4 Å². The molecule has 1 amide bonds. The van der Waals surface area contributed by atoms with Crippen LogP contribution in [0.3, 0.4) is 0 Å². The summed E-state index contributed by atoms with van der Waals surface area (Å²) in [6.45, 7) is -0.00994. The van der Waals surface area contributed by atoms with Gasteiger partial charge in [-0.3, -0.25) is 14.7 Å². The lowest BCUT2D eigenvalue weighted by Gasteiger charge is -2.22. The van der Waals surface area contributed by atoms with Gasteiger partial charge in [0.15, 0.2) is 5.13 Å². The van der Waals surface area contributed by atoms with Crippen molar-refractivity contribution in [2.45, 2.75) is 6.54 Å². The van der Waals surface area contributed by atoms with Crippen molar-refractivity contribution in [2.75, 3.05) is 24.7 Å². The minimum absolute atomic E-state index is 0.255. The van der Waals surface area contributed by atoms with E-state index in [0.717, 1.165) is 30.8 Å². The SMILES string of the molecule is CN(CC(=O)N(Cc1cccnc1)c1nc2ccc(Br)cc2s1)S(C)(=O)=O. The van der Waals surface area contributed by atoms with Crippen molar-refractivity contribution in [2.24, 2.45) is 0 Å². The summed E-state index contributed by atoms with van der Waals surface area (Å²) in [7, 11) is -2.09. The Labute approximate surface area is 169 Å². The molecule has 0 radical (unpaired) electrons. The number of sulfonamides is 1. The average molecular weight is 469 g/mol. The number of hydrogen-bond donors (Lipinski definition) is 0. The van der Waals surface area contributed by atoms with E-state index in [2.05, 4.69) is 25.9 Å². The van der Waals surface area contributed by atoms with E-state index in [1.807, 2.05) is 24.3 Å². The number of carbonyl (C=O) groups excluding carboxylic acids is 1. The molecule has 3 rings (SSSR count). The molecule has 0 unspecified atom stereocenters. The molecule has 27 heavy (non-hydrogen) atoms. The minimum atomic E-state index is -3.47. The smallest absolute Gasteiger partial charge is 0.244 e. The third-order valence-corrected chi connectivity index (χ3v) is 6.65. The highest BCUT2D eigenvalue weighted by Gasteiger charge is 2.24. The van der Waals surface area contributed by atoms with Crippen molar-refractivity contribution < 1.29 is 13.2 Å². The highest BCUT2D eigenvalue weighted by molar-refractivity contribution is 9.10. The number of halogens is 1. The van der Waals surface area contributed by atoms with Crippen LogP contribution in [0.25, 0.3) is 10.2 Å². The monoisotopic (exact) mass is 468 g/mol. The molecule has 0 fully saturated rings. The fraction of sp³-hybridized carbons (Fsp3) is 0.235. The molecule has 7 nitrogen and oxygen atoms in total. The number of hydrogen-bond acceptors (Lipinski definition) is 6. The maximum atomic E-state index is 12.9. The number of thiazole rings is 1. The van der Waals surface area contributed by atoms with Crippen LogP contribution < -0.4 is 4.90 Å². The Bertz CT molecular complexity index is 1070. The molecule has 0 bridgehead atoms. The molecule has 142 valence electrons. The molecule has 0 aliphatic heterocycles. The number of carbonyl (C=O) groups is 1. The third kappa shape index (κ3) is 4.89. The summed E-state index contributed by atoms with van der Waals surface area (Å²) >= 11 is 4.81. The molecule has 2 aromatic heterocycles. The van der Waals surface area contributed by atoms with Crippen LogP contribution in [0.1, 0.15) is 5.56 Å². The lowest BCUT2D eigenvalue weighted by Crippen LogP contribution is -2.40. The largest absolute Gasteiger partial charge is 0.282 e. The Morgan fingerprint density at radius 2 is 2.07 bits per heavy atom. The van der Waals surface area contributed by atoms with Gasteiger partial charge in [-0.25, -0.2) is 13.4 Å². The summed E-state index contributed by atoms with van der Waals surface area (Å²) in [4.78, 5) is 23.0. The summed E-state index contributed by atoms with van der Waals surface area (Å²) < 4.78 is 26.3. The van der Waals surface area contributed by atoms with Crippen molar-refractivity contribution in [3.8, 4) is 0 Å². The average Bonchev–Trinajstić information content (AvgIpc) is 3.02. The summed E-state index contributed by atoms with van der Waals surface area (Å²) in [5.41, 5.74) is 1.60. The zero-order valence-corrected chi connectivity index (χ0v) is 17.9. The van der Waals surface area contributed by atoms with Gasteiger partial charge in [0.05, 0.1) is 29.6 Å². The van der Waals surface area contributed by atoms with Crippen LogP contribution in [0.2, 0.25) is 0 Å². The lowest BCUT2D eigenvalue weighted by atomic mass is 10.2. The number of rotatable bonds is 6. The summed E-state index contributed by atoms with van der Waals surface area (Å²) in [5, 5.41) is 0.513. The van der Waals surface area contributed by atoms with E-state index < -0.39 is 10.0 Å². The first-order valence-electron chi connectivity index (χ1n) is 7.91. The van der Waals surface area contributed by atoms with Crippen molar-refractivity contribution in [3.05, 3.63) is 52.8 Å². The first-order chi connectivity index (χ1) is 12.7. The van der Waals surface area contributed by atoms with Gasteiger partial charge in [0.2, 0.25) is 15.9 Å². The van der Waals surface area contributed by atoms with Crippen LogP contribution in [0.5, 0.6) is 0 Å². The normalized spacial score (nSPS) is 11.9. The predicted octanol–water partition coefficient (Wildman–Crippen LogP) is 2.88. The second-order valence-electron chi connectivity index (χ2n) is 5.97. The van der Waals surface area contributed by atoms with Gasteiger partial charge in [-0.05, 0) is 29.8 Å². The van der Waals surface area contributed by atoms with E-state index in [1.54, 1.807) is 18.5 Å². The van der Waals surface area contributed by atoms with Crippen LogP contribution in [0.15, 0.2) is 47.2 Å². The van der Waals surface area contributed by atoms with Gasteiger partial charge in [0, 0.05) is 23.9 Å². The maximum absolute atomic E-state index is 12.9. The van der Waals surface area contributed by atoms with Crippen molar-refractivity contribution >= 4 is 58.5 Å². The van der Waals surface area contributed by atoms with E-state index in [-0.39, 0.29) is 19.0 Å². The molecule has 0 aliphatic carbocycles. The number of nitrogens with zero attached hydrogens (tertiary/aromatic N) is 4. The standard InChI is InChI=1S/C17H17BrN4O3S2/c1-21(27(2,24)25)11-16(23)22(10-12-4-3-7-19-9-12)17-20-14-6-5-13(18)8-15(14)26-17/h3-9H,10-11H2,1-2H3. The first-order valence-corrected chi connectivity index (χ1v) is 11.4. The topological polar surface area (TPSA) is 83.5 Å². The van der Waals surface area contributed by atoms with E-state index in [0.29, 0.717) is 5.13 Å². The molecular formula is C17H17BrN4O3S2. The van der Waals surface area contributed by atoms with E-state index in [1.165, 1.54) is 23.3 Å². The molecule has 0 atom stereocenters. The van der Waals surface area contributed by atoms with Crippen molar-refractivity contribution in [1.82, 2.24) is 14.3 Å². The lowest BCUT2D eigenvalue weighted by molar-refractivity contribution is -0.118. The van der Waals surface area contributed by atoms with Crippen molar-refractivity contribution in [1.29, 1.82) is 0 Å². The molecule has 0 saturated heterocycles. The van der Waals surface area contributed by atoms with Gasteiger partial charge in [0.25, 0.3) is 0 Å².